The molecule has 0 amide bonds. The summed E-state index contributed by atoms with van der Waals surface area (Å²) in [4.78, 5) is 10.3. The summed E-state index contributed by atoms with van der Waals surface area (Å²) in [5.41, 5.74) is 0.298. The molecule has 0 aliphatic heterocycles. The van der Waals surface area contributed by atoms with Gasteiger partial charge in [0.15, 0.2) is 11.2 Å². The second-order valence-corrected chi connectivity index (χ2v) is 4.60. The minimum Gasteiger partial charge on any atom is -0.480 e. The number of nitrogens with two attached hydrogens (primary N) is 1. The van der Waals surface area contributed by atoms with E-state index in [1.807, 2.05) is 0 Å². The van der Waals surface area contributed by atoms with Crippen molar-refractivity contribution >= 4 is 28.5 Å². The van der Waals surface area contributed by atoms with Crippen molar-refractivity contribution in [1.29, 1.82) is 0 Å². The lowest BCUT2D eigenvalue weighted by molar-refractivity contribution is -0.140. The van der Waals surface area contributed by atoms with E-state index in [4.69, 9.17) is 15.4 Å². The molecule has 0 aromatic heterocycles. The van der Waals surface area contributed by atoms with Crippen LogP contribution in [0, 0.1) is 0 Å². The summed E-state index contributed by atoms with van der Waals surface area (Å²) in [6.45, 7) is 0. The number of carboxylic acid groups (broad SMARTS) is 1. The molecule has 0 heterocycles. The van der Waals surface area contributed by atoms with Gasteiger partial charge in [0.1, 0.15) is 5.75 Å². The molecule has 0 unspecified atom stereocenters. The maximum Gasteiger partial charge on any atom is 0.327 e. The Hall–Kier alpha value is -0.440. The third-order valence-electron chi connectivity index (χ3n) is 2.03. The van der Waals surface area contributed by atoms with E-state index >= 15 is 0 Å². The highest BCUT2D eigenvalue weighted by Crippen LogP contribution is 2.50. The molecule has 0 spiro atoms. The molecule has 1 saturated carbocycles. The Morgan fingerprint density at radius 2 is 2.00 bits per heavy atom. The van der Waals surface area contributed by atoms with Gasteiger partial charge in [-0.15, -0.1) is 12.4 Å². The van der Waals surface area contributed by atoms with Crippen molar-refractivity contribution in [2.24, 2.45) is 5.73 Å². The van der Waals surface area contributed by atoms with Crippen molar-refractivity contribution in [2.45, 2.75) is 17.6 Å². The summed E-state index contributed by atoms with van der Waals surface area (Å²) < 4.78 is 42.1. The first-order valence-electron chi connectivity index (χ1n) is 3.27. The standard InChI is InChI=1S/C5H8FNO5S.ClH/c6-4(2-13(10,11)12)1-5(4,7)3(8)9;/h1-2,7H2,(H,8,9)(H,10,11,12);1H/t4-,5-;/m1./s1. The van der Waals surface area contributed by atoms with E-state index in [0.29, 0.717) is 0 Å². The van der Waals surface area contributed by atoms with Crippen molar-refractivity contribution in [2.75, 3.05) is 5.75 Å². The zero-order valence-corrected chi connectivity index (χ0v) is 8.44. The van der Waals surface area contributed by atoms with E-state index in [1.54, 1.807) is 0 Å². The second-order valence-electron chi connectivity index (χ2n) is 3.14. The molecule has 6 nitrogen and oxygen atoms in total. The molecule has 0 aromatic carbocycles. The normalized spacial score (nSPS) is 35.9. The molecule has 1 rings (SSSR count). The van der Waals surface area contributed by atoms with E-state index in [2.05, 4.69) is 0 Å². The summed E-state index contributed by atoms with van der Waals surface area (Å²) in [6.07, 6.45) is -0.602. The molecule has 0 bridgehead atoms. The maximum atomic E-state index is 13.3. The van der Waals surface area contributed by atoms with Gasteiger partial charge in [0, 0.05) is 6.42 Å². The van der Waals surface area contributed by atoms with Gasteiger partial charge in [-0.25, -0.2) is 4.39 Å². The molecule has 0 radical (unpaired) electrons. The molecule has 1 fully saturated rings. The Morgan fingerprint density at radius 1 is 1.57 bits per heavy atom. The average Bonchev–Trinajstić information content (AvgIpc) is 2.30. The third kappa shape index (κ3) is 2.14. The zero-order chi connectivity index (χ0) is 10.5. The highest BCUT2D eigenvalue weighted by molar-refractivity contribution is 7.85. The molecule has 2 atom stereocenters. The van der Waals surface area contributed by atoms with Crippen molar-refractivity contribution in [3.05, 3.63) is 0 Å². The molecule has 9 heteroatoms. The number of carboxylic acids is 1. The molecule has 84 valence electrons. The molecule has 4 N–H and O–H groups in total. The van der Waals surface area contributed by atoms with E-state index < -0.39 is 39.5 Å². The topological polar surface area (TPSA) is 118 Å². The number of hydrogen-bond donors (Lipinski definition) is 3. The van der Waals surface area contributed by atoms with Crippen LogP contribution in [0.1, 0.15) is 6.42 Å². The van der Waals surface area contributed by atoms with E-state index in [-0.39, 0.29) is 12.4 Å². The molecule has 0 aromatic rings. The van der Waals surface area contributed by atoms with Crippen molar-refractivity contribution in [3.63, 3.8) is 0 Å². The molecule has 1 aliphatic carbocycles. The Kier molecular flexibility index (Phi) is 3.19. The number of rotatable bonds is 3. The predicted molar refractivity (Wildman–Crippen MR) is 46.7 cm³/mol. The van der Waals surface area contributed by atoms with Gasteiger partial charge in [-0.1, -0.05) is 0 Å². The summed E-state index contributed by atoms with van der Waals surface area (Å²) >= 11 is 0. The fraction of sp³-hybridized carbons (Fsp3) is 0.800. The Morgan fingerprint density at radius 3 is 2.21 bits per heavy atom. The van der Waals surface area contributed by atoms with E-state index in [0.717, 1.165) is 0 Å². The number of carbonyl (C=O) groups is 1. The minimum atomic E-state index is -4.54. The van der Waals surface area contributed by atoms with Gasteiger partial charge in [0.25, 0.3) is 10.1 Å². The zero-order valence-electron chi connectivity index (χ0n) is 6.81. The molecule has 1 aliphatic rings. The number of hydrogen-bond acceptors (Lipinski definition) is 4. The van der Waals surface area contributed by atoms with Crippen LogP contribution in [-0.4, -0.2) is 41.0 Å². The van der Waals surface area contributed by atoms with Crippen LogP contribution in [0.25, 0.3) is 0 Å². The fourth-order valence-corrected chi connectivity index (χ4v) is 2.07. The van der Waals surface area contributed by atoms with Crippen molar-refractivity contribution in [3.8, 4) is 0 Å². The van der Waals surface area contributed by atoms with Crippen LogP contribution in [0.15, 0.2) is 0 Å². The van der Waals surface area contributed by atoms with Crippen LogP contribution >= 0.6 is 12.4 Å². The van der Waals surface area contributed by atoms with Gasteiger partial charge in [0.05, 0.1) is 0 Å². The van der Waals surface area contributed by atoms with Crippen LogP contribution < -0.4 is 5.73 Å². The van der Waals surface area contributed by atoms with Gasteiger partial charge >= 0.3 is 5.97 Å². The number of halogens is 2. The Labute approximate surface area is 85.4 Å². The lowest BCUT2D eigenvalue weighted by Crippen LogP contribution is -2.43. The van der Waals surface area contributed by atoms with Crippen molar-refractivity contribution in [1.82, 2.24) is 0 Å². The van der Waals surface area contributed by atoms with Gasteiger partial charge in [-0.2, -0.15) is 8.42 Å². The first kappa shape index (κ1) is 13.6. The summed E-state index contributed by atoms with van der Waals surface area (Å²) in [5, 5.41) is 8.40. The molecule has 14 heavy (non-hydrogen) atoms. The minimum absolute atomic E-state index is 0. The van der Waals surface area contributed by atoms with Gasteiger partial charge < -0.3 is 10.8 Å². The molecular weight excluding hydrogens is 241 g/mol. The second kappa shape index (κ2) is 3.30. The largest absolute Gasteiger partial charge is 0.480 e. The van der Waals surface area contributed by atoms with Crippen molar-refractivity contribution < 1.29 is 27.3 Å². The van der Waals surface area contributed by atoms with Crippen LogP contribution in [0.5, 0.6) is 0 Å². The van der Waals surface area contributed by atoms with Crippen LogP contribution in [0.2, 0.25) is 0 Å². The van der Waals surface area contributed by atoms with Gasteiger partial charge in [0.2, 0.25) is 0 Å². The average molecular weight is 250 g/mol. The van der Waals surface area contributed by atoms with Gasteiger partial charge in [-0.3, -0.25) is 9.35 Å². The first-order chi connectivity index (χ1) is 5.61. The Bertz CT molecular complexity index is 359. The predicted octanol–water partition coefficient (Wildman–Crippen LogP) is -0.810. The van der Waals surface area contributed by atoms with Crippen LogP contribution in [0.3, 0.4) is 0 Å². The van der Waals surface area contributed by atoms with E-state index in [1.165, 1.54) is 0 Å². The SMILES string of the molecule is Cl.N[C@@]1(C(=O)O)C[C@@]1(F)CS(=O)(=O)O. The highest BCUT2D eigenvalue weighted by Gasteiger charge is 2.73. The summed E-state index contributed by atoms with van der Waals surface area (Å²) in [6, 6.07) is 0. The summed E-state index contributed by atoms with van der Waals surface area (Å²) in [7, 11) is -4.54. The van der Waals surface area contributed by atoms with Crippen LogP contribution in [0.4, 0.5) is 4.39 Å². The Balaban J connectivity index is 0.00000169. The third-order valence-corrected chi connectivity index (χ3v) is 2.85. The molecule has 0 saturated heterocycles. The lowest BCUT2D eigenvalue weighted by atomic mass is 10.2. The monoisotopic (exact) mass is 249 g/mol. The quantitative estimate of drug-likeness (QED) is 0.563. The smallest absolute Gasteiger partial charge is 0.327 e. The van der Waals surface area contributed by atoms with Crippen LogP contribution in [-0.2, 0) is 14.9 Å². The van der Waals surface area contributed by atoms with E-state index in [9.17, 15) is 17.6 Å². The van der Waals surface area contributed by atoms with Gasteiger partial charge in [-0.05, 0) is 0 Å². The highest BCUT2D eigenvalue weighted by atomic mass is 35.5. The lowest BCUT2D eigenvalue weighted by Gasteiger charge is -2.08. The maximum absolute atomic E-state index is 13.3. The number of aliphatic carboxylic acids is 1. The number of alkyl halides is 1. The fourth-order valence-electron chi connectivity index (χ4n) is 1.13. The first-order valence-corrected chi connectivity index (χ1v) is 4.88. The summed E-state index contributed by atoms with van der Waals surface area (Å²) in [5.74, 6) is -2.89. The molecular formula is C5H9ClFNO5S.